The zero-order valence-corrected chi connectivity index (χ0v) is 10.6. The lowest BCUT2D eigenvalue weighted by Crippen LogP contribution is -2.56. The second-order valence-corrected chi connectivity index (χ2v) is 5.32. The number of aliphatic carboxylic acids is 1. The SMILES string of the molecule is CC(C)(C)C(NC(=O)N1CCNCC1)C(=O)O. The molecule has 1 rings (SSSR count). The molecule has 0 aromatic rings. The first-order valence-corrected chi connectivity index (χ1v) is 5.81. The molecule has 6 nitrogen and oxygen atoms in total. The lowest BCUT2D eigenvalue weighted by Gasteiger charge is -2.32. The van der Waals surface area contributed by atoms with Gasteiger partial charge in [-0.3, -0.25) is 0 Å². The molecule has 2 amide bonds. The quantitative estimate of drug-likeness (QED) is 0.642. The van der Waals surface area contributed by atoms with Gasteiger partial charge in [0.1, 0.15) is 6.04 Å². The van der Waals surface area contributed by atoms with Gasteiger partial charge in [0.15, 0.2) is 0 Å². The molecule has 0 aromatic heterocycles. The lowest BCUT2D eigenvalue weighted by atomic mass is 9.87. The molecule has 0 spiro atoms. The molecule has 17 heavy (non-hydrogen) atoms. The number of carbonyl (C=O) groups excluding carboxylic acids is 1. The summed E-state index contributed by atoms with van der Waals surface area (Å²) in [5.41, 5.74) is -0.504. The summed E-state index contributed by atoms with van der Waals surface area (Å²) in [4.78, 5) is 24.6. The van der Waals surface area contributed by atoms with E-state index < -0.39 is 17.4 Å². The van der Waals surface area contributed by atoms with E-state index in [4.69, 9.17) is 5.11 Å². The summed E-state index contributed by atoms with van der Waals surface area (Å²) in [5, 5.41) is 14.8. The van der Waals surface area contributed by atoms with Gasteiger partial charge in [0.25, 0.3) is 0 Å². The molecule has 0 radical (unpaired) electrons. The standard InChI is InChI=1S/C11H21N3O3/c1-11(2,3)8(9(15)16)13-10(17)14-6-4-12-5-7-14/h8,12H,4-7H2,1-3H3,(H,13,17)(H,15,16). The van der Waals surface area contributed by atoms with Gasteiger partial charge in [-0.05, 0) is 5.41 Å². The molecule has 0 aliphatic carbocycles. The van der Waals surface area contributed by atoms with E-state index in [1.807, 2.05) is 0 Å². The van der Waals surface area contributed by atoms with E-state index in [2.05, 4.69) is 10.6 Å². The Kier molecular flexibility index (Phi) is 4.34. The molecule has 3 N–H and O–H groups in total. The summed E-state index contributed by atoms with van der Waals surface area (Å²) in [6.07, 6.45) is 0. The minimum absolute atomic E-state index is 0.297. The normalized spacial score (nSPS) is 18.6. The van der Waals surface area contributed by atoms with Crippen molar-refractivity contribution in [3.05, 3.63) is 0 Å². The van der Waals surface area contributed by atoms with Gasteiger partial charge in [0.2, 0.25) is 0 Å². The van der Waals surface area contributed by atoms with Gasteiger partial charge in [-0.15, -0.1) is 0 Å². The molecule has 0 saturated carbocycles. The van der Waals surface area contributed by atoms with Crippen LogP contribution in [-0.4, -0.2) is 54.2 Å². The third kappa shape index (κ3) is 3.89. The number of nitrogens with one attached hydrogen (secondary N) is 2. The first-order chi connectivity index (χ1) is 7.82. The first kappa shape index (κ1) is 13.8. The van der Waals surface area contributed by atoms with E-state index >= 15 is 0 Å². The molecule has 0 bridgehead atoms. The highest BCUT2D eigenvalue weighted by Crippen LogP contribution is 2.19. The maximum Gasteiger partial charge on any atom is 0.326 e. The third-order valence-electron chi connectivity index (χ3n) is 2.78. The monoisotopic (exact) mass is 243 g/mol. The molecule has 1 heterocycles. The molecule has 98 valence electrons. The lowest BCUT2D eigenvalue weighted by molar-refractivity contribution is -0.142. The zero-order valence-electron chi connectivity index (χ0n) is 10.6. The van der Waals surface area contributed by atoms with E-state index in [-0.39, 0.29) is 6.03 Å². The average molecular weight is 243 g/mol. The molecule has 1 fully saturated rings. The molecule has 0 aromatic carbocycles. The van der Waals surface area contributed by atoms with E-state index in [0.29, 0.717) is 13.1 Å². The topological polar surface area (TPSA) is 81.7 Å². The fourth-order valence-electron chi connectivity index (χ4n) is 1.73. The largest absolute Gasteiger partial charge is 0.480 e. The van der Waals surface area contributed by atoms with Crippen molar-refractivity contribution in [2.24, 2.45) is 5.41 Å². The molecule has 1 aliphatic heterocycles. The number of amides is 2. The van der Waals surface area contributed by atoms with Crippen molar-refractivity contribution in [2.75, 3.05) is 26.2 Å². The van der Waals surface area contributed by atoms with Gasteiger partial charge in [0, 0.05) is 26.2 Å². The number of urea groups is 1. The van der Waals surface area contributed by atoms with Crippen molar-refractivity contribution in [3.8, 4) is 0 Å². The number of carbonyl (C=O) groups is 2. The second kappa shape index (κ2) is 5.35. The number of rotatable bonds is 2. The van der Waals surface area contributed by atoms with Gasteiger partial charge >= 0.3 is 12.0 Å². The number of hydrogen-bond donors (Lipinski definition) is 3. The van der Waals surface area contributed by atoms with Crippen molar-refractivity contribution in [1.82, 2.24) is 15.5 Å². The maximum absolute atomic E-state index is 11.9. The van der Waals surface area contributed by atoms with Crippen LogP contribution in [0, 0.1) is 5.41 Å². The van der Waals surface area contributed by atoms with Crippen LogP contribution in [-0.2, 0) is 4.79 Å². The maximum atomic E-state index is 11.9. The number of carboxylic acids is 1. The van der Waals surface area contributed by atoms with Gasteiger partial charge < -0.3 is 20.6 Å². The number of carboxylic acid groups (broad SMARTS) is 1. The smallest absolute Gasteiger partial charge is 0.326 e. The van der Waals surface area contributed by atoms with Crippen LogP contribution in [0.3, 0.4) is 0 Å². The Morgan fingerprint density at radius 2 is 1.82 bits per heavy atom. The van der Waals surface area contributed by atoms with Crippen LogP contribution in [0.5, 0.6) is 0 Å². The summed E-state index contributed by atoms with van der Waals surface area (Å²) in [7, 11) is 0. The van der Waals surface area contributed by atoms with E-state index in [0.717, 1.165) is 13.1 Å². The predicted octanol–water partition coefficient (Wildman–Crippen LogP) is 0.101. The molecular formula is C11H21N3O3. The van der Waals surface area contributed by atoms with Crippen LogP contribution < -0.4 is 10.6 Å². The summed E-state index contributed by atoms with van der Waals surface area (Å²) in [5.74, 6) is -0.999. The Morgan fingerprint density at radius 1 is 1.29 bits per heavy atom. The molecule has 1 unspecified atom stereocenters. The van der Waals surface area contributed by atoms with Crippen molar-refractivity contribution in [2.45, 2.75) is 26.8 Å². The van der Waals surface area contributed by atoms with E-state index in [9.17, 15) is 9.59 Å². The summed E-state index contributed by atoms with van der Waals surface area (Å²) >= 11 is 0. The van der Waals surface area contributed by atoms with Gasteiger partial charge in [-0.1, -0.05) is 20.8 Å². The summed E-state index contributed by atoms with van der Waals surface area (Å²) in [6, 6.07) is -1.17. The number of piperazine rings is 1. The zero-order chi connectivity index (χ0) is 13.1. The first-order valence-electron chi connectivity index (χ1n) is 5.81. The third-order valence-corrected chi connectivity index (χ3v) is 2.78. The number of nitrogens with zero attached hydrogens (tertiary/aromatic N) is 1. The Morgan fingerprint density at radius 3 is 2.24 bits per heavy atom. The Bertz CT molecular complexity index is 293. The molecule has 1 atom stereocenters. The molecule has 6 heteroatoms. The van der Waals surface area contributed by atoms with Crippen LogP contribution >= 0.6 is 0 Å². The van der Waals surface area contributed by atoms with Crippen LogP contribution in [0.1, 0.15) is 20.8 Å². The van der Waals surface area contributed by atoms with Crippen molar-refractivity contribution < 1.29 is 14.7 Å². The summed E-state index contributed by atoms with van der Waals surface area (Å²) in [6.45, 7) is 8.11. The van der Waals surface area contributed by atoms with Crippen LogP contribution in [0.15, 0.2) is 0 Å². The van der Waals surface area contributed by atoms with Crippen molar-refractivity contribution in [1.29, 1.82) is 0 Å². The van der Waals surface area contributed by atoms with Gasteiger partial charge in [-0.2, -0.15) is 0 Å². The second-order valence-electron chi connectivity index (χ2n) is 5.32. The van der Waals surface area contributed by atoms with E-state index in [1.54, 1.807) is 25.7 Å². The van der Waals surface area contributed by atoms with Crippen molar-refractivity contribution in [3.63, 3.8) is 0 Å². The van der Waals surface area contributed by atoms with Crippen molar-refractivity contribution >= 4 is 12.0 Å². The summed E-state index contributed by atoms with van der Waals surface area (Å²) < 4.78 is 0. The fourth-order valence-corrected chi connectivity index (χ4v) is 1.73. The number of hydrogen-bond acceptors (Lipinski definition) is 3. The van der Waals surface area contributed by atoms with Crippen LogP contribution in [0.2, 0.25) is 0 Å². The average Bonchev–Trinajstić information content (AvgIpc) is 2.24. The van der Waals surface area contributed by atoms with E-state index in [1.165, 1.54) is 0 Å². The molecule has 1 saturated heterocycles. The highest BCUT2D eigenvalue weighted by molar-refractivity contribution is 5.83. The highest BCUT2D eigenvalue weighted by Gasteiger charge is 2.33. The van der Waals surface area contributed by atoms with Gasteiger partial charge in [-0.25, -0.2) is 9.59 Å². The molecular weight excluding hydrogens is 222 g/mol. The Hall–Kier alpha value is -1.30. The fraction of sp³-hybridized carbons (Fsp3) is 0.818. The predicted molar refractivity (Wildman–Crippen MR) is 63.9 cm³/mol. The molecule has 1 aliphatic rings. The minimum atomic E-state index is -0.999. The van der Waals surface area contributed by atoms with Crippen LogP contribution in [0.4, 0.5) is 4.79 Å². The highest BCUT2D eigenvalue weighted by atomic mass is 16.4. The van der Waals surface area contributed by atoms with Gasteiger partial charge in [0.05, 0.1) is 0 Å². The Balaban J connectivity index is 2.60. The van der Waals surface area contributed by atoms with Crippen LogP contribution in [0.25, 0.3) is 0 Å². The minimum Gasteiger partial charge on any atom is -0.480 e. The Labute approximate surface area is 101 Å².